The molecule has 0 saturated carbocycles. The van der Waals surface area contributed by atoms with Crippen molar-refractivity contribution < 1.29 is 9.18 Å². The van der Waals surface area contributed by atoms with Gasteiger partial charge in [0.2, 0.25) is 0 Å². The largest absolute Gasteiger partial charge is 0.322 e. The number of amides is 1. The fourth-order valence-corrected chi connectivity index (χ4v) is 2.28. The van der Waals surface area contributed by atoms with Crippen LogP contribution in [0, 0.1) is 5.82 Å². The van der Waals surface area contributed by atoms with Crippen molar-refractivity contribution in [3.8, 4) is 0 Å². The quantitative estimate of drug-likeness (QED) is 0.799. The Bertz CT molecular complexity index is 659. The molecule has 2 rings (SSSR count). The Morgan fingerprint density at radius 3 is 2.29 bits per heavy atom. The van der Waals surface area contributed by atoms with Crippen molar-refractivity contribution in [1.82, 2.24) is 0 Å². The van der Waals surface area contributed by atoms with E-state index in [9.17, 15) is 9.18 Å². The molecule has 1 N–H and O–H groups in total. The van der Waals surface area contributed by atoms with Crippen LogP contribution in [0.5, 0.6) is 0 Å². The minimum Gasteiger partial charge on any atom is -0.322 e. The zero-order valence-electron chi connectivity index (χ0n) is 12.2. The van der Waals surface area contributed by atoms with Crippen molar-refractivity contribution in [2.75, 3.05) is 5.32 Å². The number of halogens is 2. The Balaban J connectivity index is 2.18. The topological polar surface area (TPSA) is 29.1 Å². The molecule has 0 aliphatic heterocycles. The third-order valence-electron chi connectivity index (χ3n) is 3.18. The van der Waals surface area contributed by atoms with Gasteiger partial charge in [-0.25, -0.2) is 4.39 Å². The van der Waals surface area contributed by atoms with Crippen molar-refractivity contribution in [3.05, 3.63) is 63.9 Å². The maximum absolute atomic E-state index is 13.7. The molecule has 0 bridgehead atoms. The van der Waals surface area contributed by atoms with Gasteiger partial charge in [-0.3, -0.25) is 4.79 Å². The van der Waals surface area contributed by atoms with Crippen LogP contribution in [0.3, 0.4) is 0 Å². The number of hydrogen-bond donors (Lipinski definition) is 1. The zero-order valence-corrected chi connectivity index (χ0v) is 13.8. The lowest BCUT2D eigenvalue weighted by Gasteiger charge is -2.19. The maximum Gasteiger partial charge on any atom is 0.258 e. The van der Waals surface area contributed by atoms with Gasteiger partial charge in [-0.05, 0) is 41.3 Å². The van der Waals surface area contributed by atoms with E-state index >= 15 is 0 Å². The Hall–Kier alpha value is -1.68. The highest BCUT2D eigenvalue weighted by atomic mass is 79.9. The second kappa shape index (κ2) is 5.98. The van der Waals surface area contributed by atoms with Crippen LogP contribution in [-0.2, 0) is 5.41 Å². The molecule has 0 unspecified atom stereocenters. The predicted octanol–water partition coefficient (Wildman–Crippen LogP) is 5.14. The molecule has 110 valence electrons. The minimum absolute atomic E-state index is 0.0178. The van der Waals surface area contributed by atoms with Crippen LogP contribution in [0.2, 0.25) is 0 Å². The third-order valence-corrected chi connectivity index (χ3v) is 3.68. The lowest BCUT2D eigenvalue weighted by molar-refractivity contribution is 0.102. The van der Waals surface area contributed by atoms with Crippen LogP contribution in [0.15, 0.2) is 46.9 Å². The fourth-order valence-electron chi connectivity index (χ4n) is 1.92. The van der Waals surface area contributed by atoms with Crippen LogP contribution in [0.1, 0.15) is 36.7 Å². The molecule has 0 radical (unpaired) electrons. The molecule has 2 nitrogen and oxygen atoms in total. The van der Waals surface area contributed by atoms with Gasteiger partial charge in [0.25, 0.3) is 5.91 Å². The number of hydrogen-bond acceptors (Lipinski definition) is 1. The van der Waals surface area contributed by atoms with Gasteiger partial charge >= 0.3 is 0 Å². The van der Waals surface area contributed by atoms with Gasteiger partial charge in [0.15, 0.2) is 0 Å². The van der Waals surface area contributed by atoms with E-state index in [1.807, 2.05) is 24.3 Å². The number of anilines is 1. The van der Waals surface area contributed by atoms with Crippen molar-refractivity contribution in [2.45, 2.75) is 26.2 Å². The Morgan fingerprint density at radius 1 is 1.10 bits per heavy atom. The van der Waals surface area contributed by atoms with E-state index in [1.165, 1.54) is 17.7 Å². The molecule has 4 heteroatoms. The Labute approximate surface area is 132 Å². The summed E-state index contributed by atoms with van der Waals surface area (Å²) in [5.74, 6) is -1.00. The maximum atomic E-state index is 13.7. The Morgan fingerprint density at radius 2 is 1.71 bits per heavy atom. The first kappa shape index (κ1) is 15.7. The summed E-state index contributed by atoms with van der Waals surface area (Å²) < 4.78 is 14.3. The molecule has 21 heavy (non-hydrogen) atoms. The molecule has 0 atom stereocenters. The first-order chi connectivity index (χ1) is 9.77. The summed E-state index contributed by atoms with van der Waals surface area (Å²) in [6.07, 6.45) is 0. The summed E-state index contributed by atoms with van der Waals surface area (Å²) in [7, 11) is 0. The number of nitrogens with one attached hydrogen (secondary N) is 1. The van der Waals surface area contributed by atoms with Crippen LogP contribution in [0.4, 0.5) is 10.1 Å². The summed E-state index contributed by atoms with van der Waals surface area (Å²) in [6.45, 7) is 6.37. The van der Waals surface area contributed by atoms with Gasteiger partial charge in [-0.1, -0.05) is 48.8 Å². The van der Waals surface area contributed by atoms with Gasteiger partial charge < -0.3 is 5.32 Å². The standard InChI is InChI=1S/C17H17BrFNO/c1-17(2,3)11-4-7-13(8-5-11)20-16(21)14-10-12(18)6-9-15(14)19/h4-10H,1-3H3,(H,20,21). The van der Waals surface area contributed by atoms with E-state index < -0.39 is 11.7 Å². The van der Waals surface area contributed by atoms with Crippen LogP contribution in [0.25, 0.3) is 0 Å². The molecule has 1 amide bonds. The second-order valence-electron chi connectivity index (χ2n) is 5.91. The second-order valence-corrected chi connectivity index (χ2v) is 6.82. The summed E-state index contributed by atoms with van der Waals surface area (Å²) in [4.78, 5) is 12.1. The highest BCUT2D eigenvalue weighted by Crippen LogP contribution is 2.24. The molecule has 2 aromatic rings. The lowest BCUT2D eigenvalue weighted by Crippen LogP contribution is -2.15. The molecular formula is C17H17BrFNO. The molecule has 0 fully saturated rings. The monoisotopic (exact) mass is 349 g/mol. The molecule has 0 aromatic heterocycles. The number of benzene rings is 2. The van der Waals surface area contributed by atoms with Crippen molar-refractivity contribution >= 4 is 27.5 Å². The SMILES string of the molecule is CC(C)(C)c1ccc(NC(=O)c2cc(Br)ccc2F)cc1. The van der Waals surface area contributed by atoms with E-state index in [0.29, 0.717) is 10.2 Å². The van der Waals surface area contributed by atoms with Crippen LogP contribution >= 0.6 is 15.9 Å². The summed E-state index contributed by atoms with van der Waals surface area (Å²) in [5, 5.41) is 2.71. The molecule has 0 spiro atoms. The third kappa shape index (κ3) is 3.91. The molecule has 0 aliphatic rings. The zero-order chi connectivity index (χ0) is 15.6. The summed E-state index contributed by atoms with van der Waals surface area (Å²) in [5.41, 5.74) is 1.89. The van der Waals surface area contributed by atoms with Crippen molar-refractivity contribution in [3.63, 3.8) is 0 Å². The average molecular weight is 350 g/mol. The van der Waals surface area contributed by atoms with Gasteiger partial charge in [0, 0.05) is 10.2 Å². The lowest BCUT2D eigenvalue weighted by atomic mass is 9.87. The van der Waals surface area contributed by atoms with Crippen LogP contribution in [-0.4, -0.2) is 5.91 Å². The Kier molecular flexibility index (Phi) is 4.47. The number of carbonyl (C=O) groups is 1. The van der Waals surface area contributed by atoms with Crippen molar-refractivity contribution in [1.29, 1.82) is 0 Å². The average Bonchev–Trinajstić information content (AvgIpc) is 2.41. The van der Waals surface area contributed by atoms with Gasteiger partial charge in [-0.2, -0.15) is 0 Å². The normalized spacial score (nSPS) is 11.3. The van der Waals surface area contributed by atoms with E-state index in [4.69, 9.17) is 0 Å². The number of carbonyl (C=O) groups excluding carboxylic acids is 1. The van der Waals surface area contributed by atoms with Crippen LogP contribution < -0.4 is 5.32 Å². The summed E-state index contributed by atoms with van der Waals surface area (Å²) in [6, 6.07) is 11.9. The minimum atomic E-state index is -0.540. The predicted molar refractivity (Wildman–Crippen MR) is 87.2 cm³/mol. The highest BCUT2D eigenvalue weighted by Gasteiger charge is 2.15. The van der Waals surface area contributed by atoms with E-state index in [-0.39, 0.29) is 11.0 Å². The smallest absolute Gasteiger partial charge is 0.258 e. The van der Waals surface area contributed by atoms with E-state index in [1.54, 1.807) is 6.07 Å². The fraction of sp³-hybridized carbons (Fsp3) is 0.235. The molecule has 0 saturated heterocycles. The molecule has 2 aromatic carbocycles. The first-order valence-electron chi connectivity index (χ1n) is 6.64. The van der Waals surface area contributed by atoms with Gasteiger partial charge in [0.05, 0.1) is 5.56 Å². The van der Waals surface area contributed by atoms with Crippen molar-refractivity contribution in [2.24, 2.45) is 0 Å². The van der Waals surface area contributed by atoms with E-state index in [0.717, 1.165) is 0 Å². The molecule has 0 aliphatic carbocycles. The highest BCUT2D eigenvalue weighted by molar-refractivity contribution is 9.10. The van der Waals surface area contributed by atoms with E-state index in [2.05, 4.69) is 42.0 Å². The van der Waals surface area contributed by atoms with Gasteiger partial charge in [0.1, 0.15) is 5.82 Å². The van der Waals surface area contributed by atoms with Gasteiger partial charge in [-0.15, -0.1) is 0 Å². The summed E-state index contributed by atoms with van der Waals surface area (Å²) >= 11 is 3.23. The number of rotatable bonds is 2. The molecular weight excluding hydrogens is 333 g/mol. The molecule has 0 heterocycles. The first-order valence-corrected chi connectivity index (χ1v) is 7.43.